The Morgan fingerprint density at radius 1 is 0.676 bits per heavy atom. The molecule has 0 bridgehead atoms. The summed E-state index contributed by atoms with van der Waals surface area (Å²) in [5.41, 5.74) is -2.71. The van der Waals surface area contributed by atoms with Crippen molar-refractivity contribution in [1.29, 1.82) is 0 Å². The largest absolute Gasteiger partial charge is 0.455 e. The molecule has 2 N–H and O–H groups in total. The minimum atomic E-state index is -0.841. The van der Waals surface area contributed by atoms with Crippen LogP contribution in [0.3, 0.4) is 0 Å². The highest BCUT2D eigenvalue weighted by Gasteiger charge is 2.31. The molecule has 0 aromatic rings. The van der Waals surface area contributed by atoms with Gasteiger partial charge >= 0.3 is 24.1 Å². The van der Waals surface area contributed by atoms with Crippen LogP contribution in [-0.4, -0.2) is 59.1 Å². The SMILES string of the molecule is CC(C)(C)OC(=O)NCC(C)(C)C(=O)OCCl.CC(C)(C)OC(=O)NCC(C)(C)C(=O)OCI. The smallest absolute Gasteiger partial charge is 0.407 e. The maximum Gasteiger partial charge on any atom is 0.407 e. The lowest BCUT2D eigenvalue weighted by Crippen LogP contribution is -2.42. The van der Waals surface area contributed by atoms with Crippen LogP contribution in [0.4, 0.5) is 9.59 Å². The van der Waals surface area contributed by atoms with E-state index < -0.39 is 40.2 Å². The molecule has 0 rings (SSSR count). The van der Waals surface area contributed by atoms with Gasteiger partial charge in [-0.15, -0.1) is 0 Å². The van der Waals surface area contributed by atoms with Crippen molar-refractivity contribution in [2.45, 2.75) is 80.4 Å². The summed E-state index contributed by atoms with van der Waals surface area (Å²) in [6.07, 6.45) is -1.10. The normalized spacial score (nSPS) is 11.9. The van der Waals surface area contributed by atoms with Gasteiger partial charge in [-0.3, -0.25) is 9.59 Å². The topological polar surface area (TPSA) is 129 Å². The molecule has 2 amide bonds. The van der Waals surface area contributed by atoms with Gasteiger partial charge < -0.3 is 29.6 Å². The van der Waals surface area contributed by atoms with Crippen molar-refractivity contribution in [1.82, 2.24) is 10.6 Å². The van der Waals surface area contributed by atoms with Crippen LogP contribution in [-0.2, 0) is 28.5 Å². The van der Waals surface area contributed by atoms with E-state index >= 15 is 0 Å². The summed E-state index contributed by atoms with van der Waals surface area (Å²) in [5, 5.41) is 5.07. The molecule has 0 aromatic carbocycles. The monoisotopic (exact) mass is 622 g/mol. The molecule has 0 saturated carbocycles. The van der Waals surface area contributed by atoms with E-state index in [0.717, 1.165) is 0 Å². The highest BCUT2D eigenvalue weighted by Crippen LogP contribution is 2.18. The fraction of sp³-hybridized carbons (Fsp3) is 0.818. The third-order valence-corrected chi connectivity index (χ3v) is 4.04. The number of esters is 2. The first-order chi connectivity index (χ1) is 15.2. The van der Waals surface area contributed by atoms with Gasteiger partial charge in [-0.25, -0.2) is 9.59 Å². The van der Waals surface area contributed by atoms with Crippen LogP contribution in [0.1, 0.15) is 69.2 Å². The van der Waals surface area contributed by atoms with Crippen molar-refractivity contribution in [3.63, 3.8) is 0 Å². The maximum absolute atomic E-state index is 11.5. The van der Waals surface area contributed by atoms with Crippen LogP contribution in [0.2, 0.25) is 0 Å². The Balaban J connectivity index is 0. The molecule has 0 heterocycles. The molecule has 200 valence electrons. The summed E-state index contributed by atoms with van der Waals surface area (Å²) in [6, 6.07) is -0.200. The lowest BCUT2D eigenvalue weighted by atomic mass is 9.94. The van der Waals surface area contributed by atoms with Gasteiger partial charge in [0.1, 0.15) is 15.8 Å². The number of ether oxygens (including phenoxy) is 4. The molecule has 34 heavy (non-hydrogen) atoms. The number of carbonyl (C=O) groups is 4. The van der Waals surface area contributed by atoms with E-state index in [1.807, 2.05) is 22.6 Å². The van der Waals surface area contributed by atoms with Gasteiger partial charge in [-0.05, 0) is 91.8 Å². The second-order valence-electron chi connectivity index (χ2n) is 10.6. The predicted octanol–water partition coefficient (Wildman–Crippen LogP) is 4.75. The van der Waals surface area contributed by atoms with E-state index in [4.69, 9.17) is 25.8 Å². The third kappa shape index (κ3) is 17.9. The van der Waals surface area contributed by atoms with Gasteiger partial charge in [0.15, 0.2) is 6.07 Å². The first-order valence-electron chi connectivity index (χ1n) is 10.6. The number of alkyl halides is 2. The highest BCUT2D eigenvalue weighted by atomic mass is 127. The summed E-state index contributed by atoms with van der Waals surface area (Å²) in [7, 11) is 0. The van der Waals surface area contributed by atoms with E-state index in [1.165, 1.54) is 0 Å². The molecule has 0 radical (unpaired) electrons. The zero-order valence-corrected chi connectivity index (χ0v) is 24.8. The number of alkyl carbamates (subject to hydrolysis) is 2. The number of hydrogen-bond donors (Lipinski definition) is 2. The molecule has 0 aliphatic carbocycles. The fourth-order valence-corrected chi connectivity index (χ4v) is 2.23. The van der Waals surface area contributed by atoms with Gasteiger partial charge in [0.2, 0.25) is 0 Å². The number of halogens is 2. The first-order valence-corrected chi connectivity index (χ1v) is 12.6. The number of carbonyl (C=O) groups excluding carboxylic acids is 4. The van der Waals surface area contributed by atoms with Crippen LogP contribution < -0.4 is 10.6 Å². The lowest BCUT2D eigenvalue weighted by molar-refractivity contribution is -0.152. The van der Waals surface area contributed by atoms with Crippen LogP contribution in [0.5, 0.6) is 0 Å². The zero-order valence-electron chi connectivity index (χ0n) is 21.9. The summed E-state index contributed by atoms with van der Waals surface area (Å²) in [5.74, 6) is -0.813. The average Bonchev–Trinajstić information content (AvgIpc) is 2.63. The Hall–Kier alpha value is -1.50. The predicted molar refractivity (Wildman–Crippen MR) is 138 cm³/mol. The van der Waals surface area contributed by atoms with Crippen molar-refractivity contribution < 1.29 is 38.1 Å². The van der Waals surface area contributed by atoms with E-state index in [9.17, 15) is 19.2 Å². The van der Waals surface area contributed by atoms with Crippen molar-refractivity contribution >= 4 is 58.3 Å². The Kier molecular flexibility index (Phi) is 15.1. The molecular formula is C22H40ClIN2O8. The van der Waals surface area contributed by atoms with Gasteiger partial charge in [0.25, 0.3) is 0 Å². The molecule has 12 heteroatoms. The molecule has 0 fully saturated rings. The molecule has 10 nitrogen and oxygen atoms in total. The van der Waals surface area contributed by atoms with Crippen molar-refractivity contribution in [2.24, 2.45) is 10.8 Å². The molecule has 0 atom stereocenters. The molecule has 0 unspecified atom stereocenters. The zero-order chi connectivity index (χ0) is 27.4. The number of hydrogen-bond acceptors (Lipinski definition) is 8. The summed E-state index contributed by atoms with van der Waals surface area (Å²) >= 11 is 7.24. The Bertz CT molecular complexity index is 627. The van der Waals surface area contributed by atoms with E-state index in [0.29, 0.717) is 4.61 Å². The van der Waals surface area contributed by atoms with Crippen molar-refractivity contribution in [3.8, 4) is 0 Å². The van der Waals surface area contributed by atoms with Gasteiger partial charge in [-0.2, -0.15) is 0 Å². The Morgan fingerprint density at radius 3 is 1.26 bits per heavy atom. The second-order valence-corrected chi connectivity index (χ2v) is 11.4. The number of rotatable bonds is 8. The third-order valence-electron chi connectivity index (χ3n) is 3.62. The van der Waals surface area contributed by atoms with Gasteiger partial charge in [0.05, 0.1) is 10.8 Å². The van der Waals surface area contributed by atoms with Crippen LogP contribution in [0.25, 0.3) is 0 Å². The minimum absolute atomic E-state index is 0.123. The molecule has 0 aromatic heterocycles. The van der Waals surface area contributed by atoms with E-state index in [2.05, 4.69) is 15.4 Å². The lowest BCUT2D eigenvalue weighted by Gasteiger charge is -2.24. The quantitative estimate of drug-likeness (QED) is 0.172. The summed E-state index contributed by atoms with van der Waals surface area (Å²) in [4.78, 5) is 45.8. The Morgan fingerprint density at radius 2 is 1.00 bits per heavy atom. The molecule has 0 saturated heterocycles. The van der Waals surface area contributed by atoms with Crippen molar-refractivity contribution in [2.75, 3.05) is 23.8 Å². The van der Waals surface area contributed by atoms with E-state index in [1.54, 1.807) is 69.2 Å². The summed E-state index contributed by atoms with van der Waals surface area (Å²) in [6.45, 7) is 17.6. The van der Waals surface area contributed by atoms with Gasteiger partial charge in [0, 0.05) is 13.1 Å². The van der Waals surface area contributed by atoms with Crippen molar-refractivity contribution in [3.05, 3.63) is 0 Å². The molecule has 0 aliphatic rings. The number of amides is 2. The molecule has 0 aliphatic heterocycles. The van der Waals surface area contributed by atoms with Crippen LogP contribution in [0, 0.1) is 10.8 Å². The van der Waals surface area contributed by atoms with Crippen LogP contribution >= 0.6 is 34.2 Å². The highest BCUT2D eigenvalue weighted by molar-refractivity contribution is 14.1. The minimum Gasteiger partial charge on any atom is -0.455 e. The second kappa shape index (κ2) is 14.8. The maximum atomic E-state index is 11.5. The molecule has 0 spiro atoms. The first kappa shape index (κ1) is 34.7. The standard InChI is InChI=1S/C11H20ClNO4.C11H20INO4/c2*1-10(2,3)17-9(15)13-6-11(4,5)8(14)16-7-12/h2*6-7H2,1-5H3,(H,13,15). The fourth-order valence-electron chi connectivity index (χ4n) is 1.85. The number of nitrogens with one attached hydrogen (secondary N) is 2. The summed E-state index contributed by atoms with van der Waals surface area (Å²) < 4.78 is 20.0. The molecular weight excluding hydrogens is 583 g/mol. The van der Waals surface area contributed by atoms with E-state index in [-0.39, 0.29) is 25.1 Å². The average molecular weight is 623 g/mol. The van der Waals surface area contributed by atoms with Crippen LogP contribution in [0.15, 0.2) is 0 Å². The van der Waals surface area contributed by atoms with Gasteiger partial charge in [-0.1, -0.05) is 11.6 Å². The Labute approximate surface area is 221 Å².